The van der Waals surface area contributed by atoms with Crippen LogP contribution >= 0.6 is 0 Å². The third-order valence-electron chi connectivity index (χ3n) is 2.62. The molecule has 1 aromatic carbocycles. The zero-order valence-electron chi connectivity index (χ0n) is 8.62. The smallest absolute Gasteiger partial charge is 0.118 e. The molecular weight excluding hydrogens is 172 g/mol. The van der Waals surface area contributed by atoms with Crippen molar-refractivity contribution in [2.75, 3.05) is 7.11 Å². The van der Waals surface area contributed by atoms with Gasteiger partial charge in [-0.2, -0.15) is 0 Å². The summed E-state index contributed by atoms with van der Waals surface area (Å²) in [5.41, 5.74) is 3.05. The molecule has 1 aliphatic carbocycles. The van der Waals surface area contributed by atoms with Crippen LogP contribution in [0.1, 0.15) is 24.8 Å². The number of hydrogen-bond donors (Lipinski definition) is 0. The van der Waals surface area contributed by atoms with E-state index in [4.69, 9.17) is 4.74 Å². The van der Waals surface area contributed by atoms with Crippen molar-refractivity contribution in [2.45, 2.75) is 25.7 Å². The molecule has 0 N–H and O–H groups in total. The maximum atomic E-state index is 5.11. The number of methoxy groups -OCH3 is 1. The fraction of sp³-hybridized carbons (Fsp3) is 0.385. The second-order valence-corrected chi connectivity index (χ2v) is 3.77. The highest BCUT2D eigenvalue weighted by atomic mass is 16.5. The summed E-state index contributed by atoms with van der Waals surface area (Å²) >= 11 is 0. The van der Waals surface area contributed by atoms with Crippen molar-refractivity contribution >= 4 is 0 Å². The average Bonchev–Trinajstić information content (AvgIpc) is 3.03. The first kappa shape index (κ1) is 9.32. The van der Waals surface area contributed by atoms with E-state index < -0.39 is 0 Å². The van der Waals surface area contributed by atoms with Gasteiger partial charge in [0.05, 0.1) is 7.11 Å². The van der Waals surface area contributed by atoms with Crippen molar-refractivity contribution in [3.05, 3.63) is 41.5 Å². The van der Waals surface area contributed by atoms with E-state index >= 15 is 0 Å². The van der Waals surface area contributed by atoms with Gasteiger partial charge in [-0.25, -0.2) is 0 Å². The Labute approximate surface area is 85.4 Å². The summed E-state index contributed by atoms with van der Waals surface area (Å²) in [5.74, 6) is 0.943. The van der Waals surface area contributed by atoms with Crippen LogP contribution in [-0.4, -0.2) is 7.11 Å². The van der Waals surface area contributed by atoms with Gasteiger partial charge in [0.1, 0.15) is 5.75 Å². The summed E-state index contributed by atoms with van der Waals surface area (Å²) in [5, 5.41) is 0. The van der Waals surface area contributed by atoms with Crippen LogP contribution in [0, 0.1) is 0 Å². The maximum absolute atomic E-state index is 5.11. The fourth-order valence-corrected chi connectivity index (χ4v) is 1.59. The van der Waals surface area contributed by atoms with Gasteiger partial charge in [-0.15, -0.1) is 0 Å². The molecule has 0 saturated carbocycles. The van der Waals surface area contributed by atoms with Gasteiger partial charge in [0.2, 0.25) is 0 Å². The van der Waals surface area contributed by atoms with Gasteiger partial charge in [-0.1, -0.05) is 23.8 Å². The van der Waals surface area contributed by atoms with Crippen molar-refractivity contribution in [1.29, 1.82) is 0 Å². The summed E-state index contributed by atoms with van der Waals surface area (Å²) in [4.78, 5) is 0. The molecule has 0 unspecified atom stereocenters. The number of allylic oxidation sites excluding steroid dienone is 2. The molecule has 1 heteroatoms. The van der Waals surface area contributed by atoms with Crippen LogP contribution in [0.25, 0.3) is 0 Å². The highest BCUT2D eigenvalue weighted by Gasteiger charge is 2.05. The lowest BCUT2D eigenvalue weighted by Gasteiger charge is -2.02. The Hall–Kier alpha value is -1.24. The third kappa shape index (κ3) is 2.63. The highest BCUT2D eigenvalue weighted by molar-refractivity contribution is 5.27. The van der Waals surface area contributed by atoms with Crippen LogP contribution in [0.2, 0.25) is 0 Å². The molecule has 0 heterocycles. The van der Waals surface area contributed by atoms with Crippen LogP contribution < -0.4 is 4.74 Å². The predicted molar refractivity (Wildman–Crippen MR) is 58.6 cm³/mol. The Morgan fingerprint density at radius 2 is 1.86 bits per heavy atom. The molecule has 0 atom stereocenters. The quantitative estimate of drug-likeness (QED) is 0.644. The fourth-order valence-electron chi connectivity index (χ4n) is 1.59. The van der Waals surface area contributed by atoms with E-state index in [1.165, 1.54) is 31.2 Å². The lowest BCUT2D eigenvalue weighted by atomic mass is 10.1. The van der Waals surface area contributed by atoms with Crippen LogP contribution in [0.15, 0.2) is 35.9 Å². The molecular formula is C13H16O. The van der Waals surface area contributed by atoms with Crippen LogP contribution in [-0.2, 0) is 6.42 Å². The maximum Gasteiger partial charge on any atom is 0.118 e. The number of rotatable bonds is 5. The first-order valence-electron chi connectivity index (χ1n) is 5.19. The van der Waals surface area contributed by atoms with E-state index in [-0.39, 0.29) is 0 Å². The molecule has 0 amide bonds. The molecule has 0 aromatic heterocycles. The molecule has 1 aliphatic rings. The van der Waals surface area contributed by atoms with Crippen molar-refractivity contribution in [3.8, 4) is 5.75 Å². The normalized spacial score (nSPS) is 13.6. The number of ether oxygens (including phenoxy) is 1. The van der Waals surface area contributed by atoms with E-state index in [1.54, 1.807) is 12.7 Å². The van der Waals surface area contributed by atoms with Crippen molar-refractivity contribution in [3.63, 3.8) is 0 Å². The lowest BCUT2D eigenvalue weighted by molar-refractivity contribution is 0.414. The topological polar surface area (TPSA) is 9.23 Å². The van der Waals surface area contributed by atoms with Crippen molar-refractivity contribution in [2.24, 2.45) is 0 Å². The average molecular weight is 188 g/mol. The molecule has 0 spiro atoms. The van der Waals surface area contributed by atoms with Gasteiger partial charge < -0.3 is 4.74 Å². The van der Waals surface area contributed by atoms with Gasteiger partial charge in [-0.3, -0.25) is 0 Å². The van der Waals surface area contributed by atoms with Gasteiger partial charge in [0.15, 0.2) is 0 Å². The minimum absolute atomic E-state index is 0.943. The summed E-state index contributed by atoms with van der Waals surface area (Å²) in [6.45, 7) is 0. The van der Waals surface area contributed by atoms with E-state index in [0.29, 0.717) is 0 Å². The lowest BCUT2D eigenvalue weighted by Crippen LogP contribution is -1.86. The SMILES string of the molecule is COc1ccc(CCCC2=CC2)cc1. The molecule has 0 fully saturated rings. The summed E-state index contributed by atoms with van der Waals surface area (Å²) in [6, 6.07) is 8.37. The van der Waals surface area contributed by atoms with Crippen molar-refractivity contribution < 1.29 is 4.74 Å². The monoisotopic (exact) mass is 188 g/mol. The first-order valence-corrected chi connectivity index (χ1v) is 5.19. The van der Waals surface area contributed by atoms with Crippen LogP contribution in [0.3, 0.4) is 0 Å². The summed E-state index contributed by atoms with van der Waals surface area (Å²) < 4.78 is 5.11. The highest BCUT2D eigenvalue weighted by Crippen LogP contribution is 2.24. The van der Waals surface area contributed by atoms with E-state index in [2.05, 4.69) is 18.2 Å². The van der Waals surface area contributed by atoms with Gasteiger partial charge in [0, 0.05) is 0 Å². The second kappa shape index (κ2) is 4.32. The van der Waals surface area contributed by atoms with E-state index in [0.717, 1.165) is 5.75 Å². The molecule has 0 radical (unpaired) electrons. The Bertz CT molecular complexity index is 322. The van der Waals surface area contributed by atoms with E-state index in [1.807, 2.05) is 12.1 Å². The summed E-state index contributed by atoms with van der Waals surface area (Å²) in [7, 11) is 1.70. The Morgan fingerprint density at radius 3 is 2.43 bits per heavy atom. The Kier molecular flexibility index (Phi) is 2.87. The zero-order valence-corrected chi connectivity index (χ0v) is 8.62. The summed E-state index contributed by atoms with van der Waals surface area (Å²) in [6.07, 6.45) is 7.32. The Balaban J connectivity index is 1.79. The van der Waals surface area contributed by atoms with E-state index in [9.17, 15) is 0 Å². The molecule has 14 heavy (non-hydrogen) atoms. The molecule has 0 bridgehead atoms. The first-order chi connectivity index (χ1) is 6.88. The second-order valence-electron chi connectivity index (χ2n) is 3.77. The molecule has 1 aromatic rings. The Morgan fingerprint density at radius 1 is 1.14 bits per heavy atom. The van der Waals surface area contributed by atoms with Crippen molar-refractivity contribution in [1.82, 2.24) is 0 Å². The minimum atomic E-state index is 0.943. The standard InChI is InChI=1S/C13H16O/c1-14-13-9-7-12(8-10-13)4-2-3-11-5-6-11/h5,7-10H,2-4,6H2,1H3. The number of benzene rings is 1. The molecule has 0 saturated heterocycles. The number of hydrogen-bond acceptors (Lipinski definition) is 1. The third-order valence-corrected chi connectivity index (χ3v) is 2.62. The van der Waals surface area contributed by atoms with Gasteiger partial charge in [-0.05, 0) is 43.4 Å². The van der Waals surface area contributed by atoms with Crippen LogP contribution in [0.4, 0.5) is 0 Å². The number of aryl methyl sites for hydroxylation is 1. The molecule has 74 valence electrons. The molecule has 2 rings (SSSR count). The molecule has 0 aliphatic heterocycles. The van der Waals surface area contributed by atoms with Crippen LogP contribution in [0.5, 0.6) is 5.75 Å². The van der Waals surface area contributed by atoms with Gasteiger partial charge >= 0.3 is 0 Å². The zero-order chi connectivity index (χ0) is 9.80. The van der Waals surface area contributed by atoms with Gasteiger partial charge in [0.25, 0.3) is 0 Å². The minimum Gasteiger partial charge on any atom is -0.497 e. The molecule has 1 nitrogen and oxygen atoms in total. The largest absolute Gasteiger partial charge is 0.497 e. The predicted octanol–water partition coefficient (Wildman–Crippen LogP) is 3.35.